The number of amides is 1. The molecule has 3 heterocycles. The van der Waals surface area contributed by atoms with Crippen molar-refractivity contribution in [3.05, 3.63) is 64.4 Å². The lowest BCUT2D eigenvalue weighted by atomic mass is 9.74. The minimum absolute atomic E-state index is 0.130. The topological polar surface area (TPSA) is 36.4 Å². The lowest BCUT2D eigenvalue weighted by molar-refractivity contribution is -0.139. The van der Waals surface area contributed by atoms with Gasteiger partial charge in [-0.25, -0.2) is 0 Å². The molecule has 0 radical (unpaired) electrons. The quantitative estimate of drug-likeness (QED) is 0.811. The van der Waals surface area contributed by atoms with Gasteiger partial charge in [0.1, 0.15) is 0 Å². The first-order valence-corrected chi connectivity index (χ1v) is 10.1. The van der Waals surface area contributed by atoms with Gasteiger partial charge >= 0.3 is 0 Å². The second-order valence-corrected chi connectivity index (χ2v) is 8.15. The molecule has 2 aliphatic heterocycles. The third-order valence-electron chi connectivity index (χ3n) is 6.18. The number of carbonyl (C=O) groups is 1. The molecule has 142 valence electrons. The van der Waals surface area contributed by atoms with Crippen LogP contribution in [0.3, 0.4) is 0 Å². The van der Waals surface area contributed by atoms with Crippen molar-refractivity contribution < 1.29 is 4.79 Å². The van der Waals surface area contributed by atoms with E-state index in [1.54, 1.807) is 13.1 Å². The first-order valence-electron chi connectivity index (χ1n) is 9.77. The van der Waals surface area contributed by atoms with Crippen LogP contribution in [0.25, 0.3) is 0 Å². The van der Waals surface area contributed by atoms with E-state index in [4.69, 9.17) is 11.6 Å². The molecule has 0 saturated carbocycles. The largest absolute Gasteiger partial charge is 0.333 e. The lowest BCUT2D eigenvalue weighted by Crippen LogP contribution is -2.57. The minimum atomic E-state index is -0.130. The Morgan fingerprint density at radius 2 is 1.96 bits per heavy atom. The van der Waals surface area contributed by atoms with Crippen molar-refractivity contribution in [1.29, 1.82) is 0 Å². The zero-order valence-electron chi connectivity index (χ0n) is 15.8. The molecule has 0 N–H and O–H groups in total. The molecule has 0 atom stereocenters. The molecule has 1 amide bonds. The summed E-state index contributed by atoms with van der Waals surface area (Å²) in [4.78, 5) is 21.2. The van der Waals surface area contributed by atoms with Crippen LogP contribution >= 0.6 is 11.6 Å². The molecule has 1 spiro atoms. The van der Waals surface area contributed by atoms with Gasteiger partial charge in [-0.15, -0.1) is 0 Å². The molecule has 1 fully saturated rings. The maximum absolute atomic E-state index is 12.4. The Hall–Kier alpha value is -1.91. The summed E-state index contributed by atoms with van der Waals surface area (Å²) in [5, 5.41) is 0.695. The van der Waals surface area contributed by atoms with Crippen LogP contribution in [-0.4, -0.2) is 46.9 Å². The zero-order valence-corrected chi connectivity index (χ0v) is 16.6. The fourth-order valence-electron chi connectivity index (χ4n) is 4.81. The van der Waals surface area contributed by atoms with Gasteiger partial charge in [0, 0.05) is 45.5 Å². The second-order valence-electron chi connectivity index (χ2n) is 7.71. The van der Waals surface area contributed by atoms with Crippen molar-refractivity contribution in [2.75, 3.05) is 26.2 Å². The third-order valence-corrected chi connectivity index (χ3v) is 6.39. The number of pyridine rings is 1. The summed E-state index contributed by atoms with van der Waals surface area (Å²) in [6.07, 6.45) is 7.48. The predicted molar refractivity (Wildman–Crippen MR) is 108 cm³/mol. The minimum Gasteiger partial charge on any atom is -0.333 e. The van der Waals surface area contributed by atoms with Gasteiger partial charge in [0.2, 0.25) is 5.91 Å². The van der Waals surface area contributed by atoms with Crippen LogP contribution in [-0.2, 0) is 23.2 Å². The number of hydrogen-bond donors (Lipinski definition) is 0. The Kier molecular flexibility index (Phi) is 5.20. The standard InChI is InChI=1S/C22H26ClN3O/c1-17(27)26-11-7-19-4-2-3-5-21(19)22(26)8-12-25(13-9-22)10-6-18-14-20(23)16-24-15-18/h2-5,14-16H,6-13H2,1H3. The van der Waals surface area contributed by atoms with Crippen LogP contribution < -0.4 is 0 Å². The van der Waals surface area contributed by atoms with Crippen molar-refractivity contribution in [2.24, 2.45) is 0 Å². The number of likely N-dealkylation sites (tertiary alicyclic amines) is 1. The van der Waals surface area contributed by atoms with E-state index in [9.17, 15) is 4.79 Å². The summed E-state index contributed by atoms with van der Waals surface area (Å²) in [5.41, 5.74) is 3.82. The molecule has 1 aromatic carbocycles. The van der Waals surface area contributed by atoms with Gasteiger partial charge in [-0.05, 0) is 48.4 Å². The second kappa shape index (κ2) is 7.61. The molecule has 27 heavy (non-hydrogen) atoms. The Balaban J connectivity index is 1.48. The van der Waals surface area contributed by atoms with E-state index >= 15 is 0 Å². The summed E-state index contributed by atoms with van der Waals surface area (Å²) in [6, 6.07) is 10.7. The van der Waals surface area contributed by atoms with Crippen molar-refractivity contribution in [1.82, 2.24) is 14.8 Å². The number of aromatic nitrogens is 1. The van der Waals surface area contributed by atoms with E-state index in [0.29, 0.717) is 5.02 Å². The predicted octanol–water partition coefficient (Wildman–Crippen LogP) is 3.67. The number of carbonyl (C=O) groups excluding carboxylic acids is 1. The first-order chi connectivity index (χ1) is 13.1. The summed E-state index contributed by atoms with van der Waals surface area (Å²) in [6.45, 7) is 5.56. The van der Waals surface area contributed by atoms with Gasteiger partial charge in [0.05, 0.1) is 10.6 Å². The number of hydrogen-bond acceptors (Lipinski definition) is 3. The fourth-order valence-corrected chi connectivity index (χ4v) is 5.00. The van der Waals surface area contributed by atoms with E-state index in [1.165, 1.54) is 16.7 Å². The van der Waals surface area contributed by atoms with Crippen molar-refractivity contribution in [2.45, 2.75) is 38.1 Å². The third kappa shape index (κ3) is 3.61. The van der Waals surface area contributed by atoms with E-state index in [1.807, 2.05) is 12.3 Å². The number of halogens is 1. The molecule has 0 aliphatic carbocycles. The van der Waals surface area contributed by atoms with Crippen molar-refractivity contribution >= 4 is 17.5 Å². The number of piperidine rings is 1. The average molecular weight is 384 g/mol. The molecule has 0 bridgehead atoms. The van der Waals surface area contributed by atoms with Gasteiger partial charge in [-0.1, -0.05) is 35.9 Å². The summed E-state index contributed by atoms with van der Waals surface area (Å²) in [7, 11) is 0. The molecular weight excluding hydrogens is 358 g/mol. The van der Waals surface area contributed by atoms with E-state index < -0.39 is 0 Å². The van der Waals surface area contributed by atoms with Crippen LogP contribution in [0.2, 0.25) is 5.02 Å². The Bertz CT molecular complexity index is 830. The monoisotopic (exact) mass is 383 g/mol. The highest BCUT2D eigenvalue weighted by Crippen LogP contribution is 2.43. The van der Waals surface area contributed by atoms with Crippen LogP contribution in [0, 0.1) is 0 Å². The zero-order chi connectivity index (χ0) is 18.9. The molecule has 5 heteroatoms. The molecule has 1 aromatic heterocycles. The van der Waals surface area contributed by atoms with Gasteiger partial charge in [-0.3, -0.25) is 9.78 Å². The molecular formula is C22H26ClN3O. The lowest BCUT2D eigenvalue weighted by Gasteiger charge is -2.52. The maximum Gasteiger partial charge on any atom is 0.220 e. The van der Waals surface area contributed by atoms with E-state index in [2.05, 4.69) is 39.0 Å². The molecule has 0 unspecified atom stereocenters. The molecule has 2 aliphatic rings. The fraction of sp³-hybridized carbons (Fsp3) is 0.455. The van der Waals surface area contributed by atoms with Crippen LogP contribution in [0.5, 0.6) is 0 Å². The van der Waals surface area contributed by atoms with Gasteiger partial charge < -0.3 is 9.80 Å². The number of rotatable bonds is 3. The number of benzene rings is 1. The Morgan fingerprint density at radius 1 is 1.19 bits per heavy atom. The molecule has 4 rings (SSSR count). The summed E-state index contributed by atoms with van der Waals surface area (Å²) in [5.74, 6) is 0.197. The van der Waals surface area contributed by atoms with Crippen LogP contribution in [0.1, 0.15) is 36.5 Å². The first kappa shape index (κ1) is 18.5. The van der Waals surface area contributed by atoms with Gasteiger partial charge in [0.15, 0.2) is 0 Å². The number of nitrogens with zero attached hydrogens (tertiary/aromatic N) is 3. The summed E-state index contributed by atoms with van der Waals surface area (Å²) >= 11 is 6.04. The summed E-state index contributed by atoms with van der Waals surface area (Å²) < 4.78 is 0. The van der Waals surface area contributed by atoms with Crippen molar-refractivity contribution in [3.8, 4) is 0 Å². The van der Waals surface area contributed by atoms with Gasteiger partial charge in [0.25, 0.3) is 0 Å². The Labute approximate surface area is 166 Å². The van der Waals surface area contributed by atoms with Crippen molar-refractivity contribution in [3.63, 3.8) is 0 Å². The highest BCUT2D eigenvalue weighted by Gasteiger charge is 2.45. The smallest absolute Gasteiger partial charge is 0.220 e. The average Bonchev–Trinajstić information content (AvgIpc) is 2.68. The van der Waals surface area contributed by atoms with E-state index in [-0.39, 0.29) is 11.4 Å². The van der Waals surface area contributed by atoms with Crippen LogP contribution in [0.4, 0.5) is 0 Å². The SMILES string of the molecule is CC(=O)N1CCc2ccccc2C12CCN(CCc1cncc(Cl)c1)CC2. The number of fused-ring (bicyclic) bond motifs is 2. The van der Waals surface area contributed by atoms with E-state index in [0.717, 1.165) is 51.9 Å². The molecule has 2 aromatic rings. The van der Waals surface area contributed by atoms with Gasteiger partial charge in [-0.2, -0.15) is 0 Å². The normalized spacial score (nSPS) is 19.1. The highest BCUT2D eigenvalue weighted by molar-refractivity contribution is 6.30. The molecule has 1 saturated heterocycles. The highest BCUT2D eigenvalue weighted by atomic mass is 35.5. The molecule has 4 nitrogen and oxygen atoms in total. The maximum atomic E-state index is 12.4. The Morgan fingerprint density at radius 3 is 2.70 bits per heavy atom. The van der Waals surface area contributed by atoms with Crippen LogP contribution in [0.15, 0.2) is 42.7 Å².